The summed E-state index contributed by atoms with van der Waals surface area (Å²) < 4.78 is 16.4. The number of nitrogens with one attached hydrogen (secondary N) is 1. The van der Waals surface area contributed by atoms with Crippen LogP contribution in [0.5, 0.6) is 0 Å². The van der Waals surface area contributed by atoms with Crippen LogP contribution in [-0.2, 0) is 23.7 Å². The molecule has 0 atom stereocenters. The highest BCUT2D eigenvalue weighted by atomic mass is 32.2. The Labute approximate surface area is 117 Å². The molecule has 1 aromatic rings. The van der Waals surface area contributed by atoms with Crippen molar-refractivity contribution in [1.82, 2.24) is 0 Å². The van der Waals surface area contributed by atoms with Gasteiger partial charge in [-0.05, 0) is 18.4 Å². The Bertz CT molecular complexity index is 504. The molecule has 0 radical (unpaired) electrons. The van der Waals surface area contributed by atoms with Crippen molar-refractivity contribution in [2.75, 3.05) is 36.7 Å². The van der Waals surface area contributed by atoms with Crippen LogP contribution in [0.4, 0.5) is 5.00 Å². The zero-order valence-corrected chi connectivity index (χ0v) is 12.9. The van der Waals surface area contributed by atoms with E-state index in [9.17, 15) is 13.8 Å². The maximum Gasteiger partial charge on any atom is 0.325 e. The number of hydrogen-bond acceptors (Lipinski definition) is 6. The second kappa shape index (κ2) is 6.81. The van der Waals surface area contributed by atoms with E-state index in [4.69, 9.17) is 4.74 Å². The molecular weight excluding hydrogens is 286 g/mol. The average molecular weight is 304 g/mol. The number of anilines is 1. The normalized spacial score (nSPS) is 11.1. The molecular formula is C12H18NO4S2+. The Morgan fingerprint density at radius 3 is 2.68 bits per heavy atom. The molecule has 5 nitrogen and oxygen atoms in total. The van der Waals surface area contributed by atoms with Crippen molar-refractivity contribution in [2.24, 2.45) is 0 Å². The lowest BCUT2D eigenvalue weighted by Gasteiger charge is -2.06. The van der Waals surface area contributed by atoms with Crippen LogP contribution in [-0.4, -0.2) is 43.2 Å². The van der Waals surface area contributed by atoms with E-state index in [0.717, 1.165) is 0 Å². The molecule has 0 bridgehead atoms. The first-order valence-corrected chi connectivity index (χ1v) is 9.18. The lowest BCUT2D eigenvalue weighted by Crippen LogP contribution is -2.21. The Morgan fingerprint density at radius 1 is 1.42 bits per heavy atom. The summed E-state index contributed by atoms with van der Waals surface area (Å²) in [7, 11) is -2.12. The molecule has 1 rings (SSSR count). The predicted octanol–water partition coefficient (Wildman–Crippen LogP) is 1.66. The molecule has 1 aromatic heterocycles. The summed E-state index contributed by atoms with van der Waals surface area (Å²) >= 11 is 1.33. The molecule has 0 amide bonds. The Hall–Kier alpha value is -1.21. The molecule has 0 aromatic carbocycles. The summed E-state index contributed by atoms with van der Waals surface area (Å²) in [5, 5.41) is 5.25. The van der Waals surface area contributed by atoms with Gasteiger partial charge in [0, 0.05) is 0 Å². The van der Waals surface area contributed by atoms with Crippen molar-refractivity contribution >= 4 is 38.0 Å². The number of thiophene rings is 1. The van der Waals surface area contributed by atoms with Gasteiger partial charge in [0.15, 0.2) is 5.75 Å². The van der Waals surface area contributed by atoms with Crippen LogP contribution in [0.1, 0.15) is 17.3 Å². The Balaban J connectivity index is 2.67. The number of ether oxygens (including phenoxy) is 1. The van der Waals surface area contributed by atoms with Crippen LogP contribution in [0.2, 0.25) is 0 Å². The fourth-order valence-corrected chi connectivity index (χ4v) is 3.02. The molecule has 0 aliphatic heterocycles. The molecule has 0 aliphatic carbocycles. The Morgan fingerprint density at radius 2 is 2.11 bits per heavy atom. The third-order valence-corrected chi connectivity index (χ3v) is 3.97. The van der Waals surface area contributed by atoms with Gasteiger partial charge in [-0.15, -0.1) is 15.5 Å². The molecule has 7 heteroatoms. The van der Waals surface area contributed by atoms with Gasteiger partial charge in [0.1, 0.15) is 19.1 Å². The summed E-state index contributed by atoms with van der Waals surface area (Å²) in [5.74, 6) is -0.538. The lowest BCUT2D eigenvalue weighted by molar-refractivity contribution is -0.140. The maximum atomic E-state index is 12.0. The number of rotatable bonds is 7. The van der Waals surface area contributed by atoms with Crippen LogP contribution < -0.4 is 5.32 Å². The zero-order chi connectivity index (χ0) is 14.5. The minimum absolute atomic E-state index is 0.0117. The van der Waals surface area contributed by atoms with Gasteiger partial charge >= 0.3 is 5.97 Å². The summed E-state index contributed by atoms with van der Waals surface area (Å²) in [5.41, 5.74) is 0.478. The molecule has 0 unspecified atom stereocenters. The van der Waals surface area contributed by atoms with Gasteiger partial charge in [0.05, 0.1) is 27.1 Å². The monoisotopic (exact) mass is 304 g/mol. The Kier molecular flexibility index (Phi) is 5.68. The van der Waals surface area contributed by atoms with Crippen LogP contribution in [0.3, 0.4) is 0 Å². The van der Waals surface area contributed by atoms with Crippen LogP contribution in [0.15, 0.2) is 11.4 Å². The number of carbonyl (C=O) groups excluding carboxylic acids is 2. The number of carbonyl (C=O) groups is 2. The second-order valence-corrected chi connectivity index (χ2v) is 8.40. The number of esters is 1. The number of hydrogen-bond donors (Lipinski definition) is 1. The van der Waals surface area contributed by atoms with Gasteiger partial charge in [0.2, 0.25) is 5.78 Å². The fraction of sp³-hybridized carbons (Fsp3) is 0.500. The largest absolute Gasteiger partial charge is 0.465 e. The SMILES string of the molecule is CCOC(=O)CNc1sccc1C(=O)C[S+](C)(C)=O. The third kappa shape index (κ3) is 5.52. The summed E-state index contributed by atoms with van der Waals surface area (Å²) in [6.07, 6.45) is 3.12. The van der Waals surface area contributed by atoms with Gasteiger partial charge in [-0.1, -0.05) is 0 Å². The molecule has 0 saturated carbocycles. The number of Topliss-reactive ketones (excluding diaryl/α,β-unsaturated/α-hetero) is 1. The first-order chi connectivity index (χ1) is 8.83. The van der Waals surface area contributed by atoms with E-state index in [0.29, 0.717) is 17.2 Å². The van der Waals surface area contributed by atoms with Crippen molar-refractivity contribution in [1.29, 1.82) is 0 Å². The molecule has 1 heterocycles. The maximum absolute atomic E-state index is 12.0. The van der Waals surface area contributed by atoms with Crippen LogP contribution in [0.25, 0.3) is 0 Å². The predicted molar refractivity (Wildman–Crippen MR) is 78.5 cm³/mol. The van der Waals surface area contributed by atoms with Crippen molar-refractivity contribution in [2.45, 2.75) is 6.92 Å². The van der Waals surface area contributed by atoms with E-state index in [1.165, 1.54) is 11.3 Å². The smallest absolute Gasteiger partial charge is 0.325 e. The fourth-order valence-electron chi connectivity index (χ4n) is 1.42. The topological polar surface area (TPSA) is 72.5 Å². The first kappa shape index (κ1) is 15.8. The highest BCUT2D eigenvalue weighted by molar-refractivity contribution is 8.02. The highest BCUT2D eigenvalue weighted by Crippen LogP contribution is 2.24. The van der Waals surface area contributed by atoms with Gasteiger partial charge in [-0.25, -0.2) is 0 Å². The van der Waals surface area contributed by atoms with Crippen LogP contribution in [0, 0.1) is 0 Å². The van der Waals surface area contributed by atoms with E-state index in [1.54, 1.807) is 30.9 Å². The van der Waals surface area contributed by atoms with Gasteiger partial charge < -0.3 is 10.1 Å². The quantitative estimate of drug-likeness (QED) is 0.471. The van der Waals surface area contributed by atoms with Crippen molar-refractivity contribution in [3.8, 4) is 0 Å². The van der Waals surface area contributed by atoms with Crippen molar-refractivity contribution in [3.05, 3.63) is 17.0 Å². The zero-order valence-electron chi connectivity index (χ0n) is 11.2. The summed E-state index contributed by atoms with van der Waals surface area (Å²) in [6.45, 7) is 2.07. The molecule has 0 aliphatic rings. The molecule has 0 saturated heterocycles. The minimum atomic E-state index is -2.12. The minimum Gasteiger partial charge on any atom is -0.465 e. The van der Waals surface area contributed by atoms with Crippen molar-refractivity contribution in [3.63, 3.8) is 0 Å². The highest BCUT2D eigenvalue weighted by Gasteiger charge is 2.23. The third-order valence-electron chi connectivity index (χ3n) is 2.14. The molecule has 0 fully saturated rings. The standard InChI is InChI=1S/C12H17NO4S2/c1-4-17-11(15)7-13-12-9(5-6-18-12)10(14)8-19(2,3)16/h5-6H,4,7-8H2,1-3H3/p+1. The van der Waals surface area contributed by atoms with E-state index in [2.05, 4.69) is 5.32 Å². The van der Waals surface area contributed by atoms with Gasteiger partial charge in [-0.3, -0.25) is 9.59 Å². The van der Waals surface area contributed by atoms with E-state index in [-0.39, 0.29) is 24.1 Å². The molecule has 0 spiro atoms. The second-order valence-electron chi connectivity index (χ2n) is 4.33. The van der Waals surface area contributed by atoms with E-state index < -0.39 is 9.93 Å². The van der Waals surface area contributed by atoms with E-state index >= 15 is 0 Å². The molecule has 19 heavy (non-hydrogen) atoms. The van der Waals surface area contributed by atoms with Crippen molar-refractivity contribution < 1.29 is 18.5 Å². The molecule has 106 valence electrons. The number of ketones is 1. The van der Waals surface area contributed by atoms with Gasteiger partial charge in [0.25, 0.3) is 0 Å². The molecule has 1 N–H and O–H groups in total. The lowest BCUT2D eigenvalue weighted by atomic mass is 10.2. The summed E-state index contributed by atoms with van der Waals surface area (Å²) in [4.78, 5) is 23.2. The van der Waals surface area contributed by atoms with Crippen LogP contribution >= 0.6 is 11.3 Å². The van der Waals surface area contributed by atoms with E-state index in [1.807, 2.05) is 0 Å². The van der Waals surface area contributed by atoms with Gasteiger partial charge in [-0.2, -0.15) is 0 Å². The average Bonchev–Trinajstić information content (AvgIpc) is 2.72. The summed E-state index contributed by atoms with van der Waals surface area (Å²) in [6, 6.07) is 1.67. The first-order valence-electron chi connectivity index (χ1n) is 5.75.